The van der Waals surface area contributed by atoms with E-state index in [0.717, 1.165) is 21.9 Å². The van der Waals surface area contributed by atoms with E-state index >= 15 is 0 Å². The van der Waals surface area contributed by atoms with Gasteiger partial charge in [-0.3, -0.25) is 4.79 Å². The molecule has 3 heteroatoms. The van der Waals surface area contributed by atoms with E-state index in [1.165, 1.54) is 4.90 Å². The fraction of sp³-hybridized carbons (Fsp3) is 0.0952. The maximum atomic E-state index is 12.6. The third kappa shape index (κ3) is 2.14. The van der Waals surface area contributed by atoms with Crippen LogP contribution < -0.4 is 0 Å². The monoisotopic (exact) mass is 315 g/mol. The molecule has 4 rings (SSSR count). The molecule has 3 aromatic rings. The zero-order chi connectivity index (χ0) is 16.7. The van der Waals surface area contributed by atoms with Crippen LogP contribution in [0.2, 0.25) is 0 Å². The largest absolute Gasteiger partial charge is 0.369 e. The number of amides is 1. The molecule has 0 fully saturated rings. The van der Waals surface area contributed by atoms with Gasteiger partial charge in [0.15, 0.2) is 6.23 Å². The quantitative estimate of drug-likeness (QED) is 0.789. The molecule has 1 N–H and O–H groups in total. The molecule has 0 aliphatic carbocycles. The molecule has 1 amide bonds. The second kappa shape index (κ2) is 5.62. The molecule has 0 spiro atoms. The van der Waals surface area contributed by atoms with Crippen molar-refractivity contribution in [2.24, 2.45) is 0 Å². The highest BCUT2D eigenvalue weighted by Crippen LogP contribution is 2.34. The van der Waals surface area contributed by atoms with Gasteiger partial charge in [0.25, 0.3) is 5.91 Å². The molecule has 0 aromatic heterocycles. The van der Waals surface area contributed by atoms with Crippen LogP contribution in [0.25, 0.3) is 16.8 Å². The summed E-state index contributed by atoms with van der Waals surface area (Å²) < 4.78 is 0. The number of nitrogens with zero attached hydrogens (tertiary/aromatic N) is 1. The first-order valence-electron chi connectivity index (χ1n) is 7.91. The molecular formula is C21H17NO2. The molecule has 0 saturated carbocycles. The minimum atomic E-state index is -0.897. The first kappa shape index (κ1) is 14.7. The summed E-state index contributed by atoms with van der Waals surface area (Å²) in [5, 5.41) is 12.7. The van der Waals surface area contributed by atoms with Crippen LogP contribution in [0.3, 0.4) is 0 Å². The smallest absolute Gasteiger partial charge is 0.256 e. The number of hydrogen-bond donors (Lipinski definition) is 1. The van der Waals surface area contributed by atoms with E-state index in [1.807, 2.05) is 54.6 Å². The summed E-state index contributed by atoms with van der Waals surface area (Å²) in [4.78, 5) is 14.1. The maximum Gasteiger partial charge on any atom is 0.256 e. The van der Waals surface area contributed by atoms with Gasteiger partial charge in [-0.2, -0.15) is 0 Å². The highest BCUT2D eigenvalue weighted by atomic mass is 16.3. The molecule has 1 aliphatic heterocycles. The molecule has 0 saturated heterocycles. The van der Waals surface area contributed by atoms with E-state index in [9.17, 15) is 9.90 Å². The molecule has 0 radical (unpaired) electrons. The Bertz CT molecular complexity index is 961. The zero-order valence-corrected chi connectivity index (χ0v) is 13.1. The van der Waals surface area contributed by atoms with Gasteiger partial charge in [0.05, 0.1) is 0 Å². The molecule has 3 aromatic carbocycles. The van der Waals surface area contributed by atoms with E-state index in [0.29, 0.717) is 17.7 Å². The Balaban J connectivity index is 1.76. The van der Waals surface area contributed by atoms with Crippen molar-refractivity contribution in [3.8, 4) is 0 Å². The highest BCUT2D eigenvalue weighted by Gasteiger charge is 2.35. The lowest BCUT2D eigenvalue weighted by Crippen LogP contribution is -2.27. The summed E-state index contributed by atoms with van der Waals surface area (Å²) in [7, 11) is 0. The third-order valence-corrected chi connectivity index (χ3v) is 4.63. The number of hydrogen-bond acceptors (Lipinski definition) is 2. The Morgan fingerprint density at radius 3 is 2.46 bits per heavy atom. The van der Waals surface area contributed by atoms with E-state index < -0.39 is 6.23 Å². The van der Waals surface area contributed by atoms with Gasteiger partial charge in [-0.05, 0) is 28.0 Å². The van der Waals surface area contributed by atoms with Crippen molar-refractivity contribution in [2.75, 3.05) is 0 Å². The van der Waals surface area contributed by atoms with Gasteiger partial charge in [-0.15, -0.1) is 0 Å². The van der Waals surface area contributed by atoms with Crippen molar-refractivity contribution >= 4 is 22.8 Å². The molecule has 118 valence electrons. The molecule has 3 nitrogen and oxygen atoms in total. The van der Waals surface area contributed by atoms with Crippen molar-refractivity contribution in [3.63, 3.8) is 0 Å². The molecular weight excluding hydrogens is 298 g/mol. The summed E-state index contributed by atoms with van der Waals surface area (Å²) in [6.45, 7) is 4.23. The van der Waals surface area contributed by atoms with Gasteiger partial charge in [0, 0.05) is 17.7 Å². The summed E-state index contributed by atoms with van der Waals surface area (Å²) in [5.74, 6) is -0.130. The number of carbonyl (C=O) groups is 1. The van der Waals surface area contributed by atoms with Crippen LogP contribution in [0.1, 0.15) is 33.3 Å². The van der Waals surface area contributed by atoms with Crippen molar-refractivity contribution in [3.05, 3.63) is 89.5 Å². The fourth-order valence-electron chi connectivity index (χ4n) is 3.39. The minimum Gasteiger partial charge on any atom is -0.369 e. The summed E-state index contributed by atoms with van der Waals surface area (Å²) in [5.41, 5.74) is 3.33. The number of benzene rings is 3. The van der Waals surface area contributed by atoms with E-state index in [4.69, 9.17) is 0 Å². The topological polar surface area (TPSA) is 40.5 Å². The molecule has 0 bridgehead atoms. The third-order valence-electron chi connectivity index (χ3n) is 4.63. The van der Waals surface area contributed by atoms with Crippen molar-refractivity contribution in [2.45, 2.75) is 12.8 Å². The molecule has 1 heterocycles. The van der Waals surface area contributed by atoms with E-state index in [1.54, 1.807) is 12.1 Å². The molecule has 24 heavy (non-hydrogen) atoms. The number of rotatable bonds is 3. The maximum absolute atomic E-state index is 12.6. The van der Waals surface area contributed by atoms with Gasteiger partial charge in [-0.25, -0.2) is 0 Å². The molecule has 1 aliphatic rings. The summed E-state index contributed by atoms with van der Waals surface area (Å²) in [6.07, 6.45) is 0.934. The van der Waals surface area contributed by atoms with E-state index in [2.05, 4.69) is 6.58 Å². The first-order chi connectivity index (χ1) is 11.7. The van der Waals surface area contributed by atoms with Crippen LogP contribution in [0.5, 0.6) is 0 Å². The number of aliphatic hydroxyl groups excluding tert-OH is 1. The van der Waals surface area contributed by atoms with Gasteiger partial charge in [0.2, 0.25) is 0 Å². The average Bonchev–Trinajstić information content (AvgIpc) is 2.87. The lowest BCUT2D eigenvalue weighted by atomic mass is 9.99. The van der Waals surface area contributed by atoms with Gasteiger partial charge < -0.3 is 10.0 Å². The van der Waals surface area contributed by atoms with Crippen LogP contribution in [0.4, 0.5) is 0 Å². The summed E-state index contributed by atoms with van der Waals surface area (Å²) in [6, 6.07) is 19.3. The van der Waals surface area contributed by atoms with Crippen LogP contribution in [0.15, 0.2) is 67.2 Å². The summed E-state index contributed by atoms with van der Waals surface area (Å²) >= 11 is 0. The Hall–Kier alpha value is -2.91. The van der Waals surface area contributed by atoms with Gasteiger partial charge >= 0.3 is 0 Å². The van der Waals surface area contributed by atoms with Gasteiger partial charge in [0.1, 0.15) is 0 Å². The number of carbonyl (C=O) groups excluding carboxylic acids is 1. The molecule has 1 atom stereocenters. The number of fused-ring (bicyclic) bond motifs is 2. The van der Waals surface area contributed by atoms with Gasteiger partial charge in [-0.1, -0.05) is 67.3 Å². The van der Waals surface area contributed by atoms with Crippen LogP contribution >= 0.6 is 0 Å². The minimum absolute atomic E-state index is 0.130. The Morgan fingerprint density at radius 1 is 1.00 bits per heavy atom. The van der Waals surface area contributed by atoms with Crippen molar-refractivity contribution in [1.82, 2.24) is 4.90 Å². The predicted molar refractivity (Wildman–Crippen MR) is 95.3 cm³/mol. The van der Waals surface area contributed by atoms with Crippen LogP contribution in [-0.2, 0) is 6.54 Å². The van der Waals surface area contributed by atoms with E-state index in [-0.39, 0.29) is 5.91 Å². The normalized spacial score (nSPS) is 16.5. The molecule has 1 unspecified atom stereocenters. The van der Waals surface area contributed by atoms with Crippen molar-refractivity contribution in [1.29, 1.82) is 0 Å². The number of aliphatic hydroxyl groups is 1. The fourth-order valence-corrected chi connectivity index (χ4v) is 3.39. The lowest BCUT2D eigenvalue weighted by Gasteiger charge is -2.22. The second-order valence-electron chi connectivity index (χ2n) is 5.96. The lowest BCUT2D eigenvalue weighted by molar-refractivity contribution is 0.0139. The SMILES string of the molecule is C=Cc1ccc(CN2C(=O)c3ccccc3C2O)c2ccccc12. The second-order valence-corrected chi connectivity index (χ2v) is 5.96. The van der Waals surface area contributed by atoms with Crippen LogP contribution in [0, 0.1) is 0 Å². The van der Waals surface area contributed by atoms with Crippen molar-refractivity contribution < 1.29 is 9.90 Å². The Morgan fingerprint density at radius 2 is 1.71 bits per heavy atom. The Labute approximate surface area is 140 Å². The average molecular weight is 315 g/mol. The first-order valence-corrected chi connectivity index (χ1v) is 7.91. The van der Waals surface area contributed by atoms with Crippen LogP contribution in [-0.4, -0.2) is 15.9 Å². The Kier molecular flexibility index (Phi) is 3.44. The standard InChI is InChI=1S/C21H17NO2/c1-2-14-11-12-15(17-8-4-3-7-16(14)17)13-22-20(23)18-9-5-6-10-19(18)21(22)24/h2-12,20,23H,1,13H2. The predicted octanol–water partition coefficient (Wildman–Crippen LogP) is 4.13. The zero-order valence-electron chi connectivity index (χ0n) is 13.1. The highest BCUT2D eigenvalue weighted by molar-refractivity contribution is 5.99.